The Bertz CT molecular complexity index is 3520. The number of rotatable bonds is 5. The Balaban J connectivity index is 0.978. The molecule has 1 aliphatic carbocycles. The van der Waals surface area contributed by atoms with Gasteiger partial charge in [-0.25, -0.2) is 4.98 Å². The van der Waals surface area contributed by atoms with E-state index in [2.05, 4.69) is 180 Å². The van der Waals surface area contributed by atoms with E-state index < -0.39 is 5.41 Å². The Kier molecular flexibility index (Phi) is 7.49. The van der Waals surface area contributed by atoms with Gasteiger partial charge in [-0.05, 0) is 62.2 Å². The first-order valence-electron chi connectivity index (χ1n) is 21.2. The van der Waals surface area contributed by atoms with Crippen LogP contribution in [0.25, 0.3) is 94.8 Å². The maximum atomic E-state index is 5.09. The lowest BCUT2D eigenvalue weighted by Crippen LogP contribution is -2.33. The van der Waals surface area contributed by atoms with Crippen LogP contribution in [-0.2, 0) is 5.41 Å². The van der Waals surface area contributed by atoms with Gasteiger partial charge in [-0.15, -0.1) is 10.2 Å². The summed E-state index contributed by atoms with van der Waals surface area (Å²) in [4.78, 5) is 5.09. The number of aromatic nitrogens is 4. The predicted molar refractivity (Wildman–Crippen MR) is 252 cm³/mol. The highest BCUT2D eigenvalue weighted by atomic mass is 15.2. The van der Waals surface area contributed by atoms with E-state index in [1.165, 1.54) is 72.0 Å². The van der Waals surface area contributed by atoms with Crippen LogP contribution in [0.15, 0.2) is 218 Å². The SMILES string of the molecule is c1ccc(-c2nnc(-c3cccc(-c4ccc(-c5cccc6c5-n5c7ccccc7c7cccc(c75)C65c6ccccc6-c6ccccc65)cc4)c3)c(-c3ccccc3)n2)cc1. The maximum absolute atomic E-state index is 5.09. The van der Waals surface area contributed by atoms with Crippen molar-refractivity contribution in [3.8, 4) is 73.0 Å². The molecule has 0 radical (unpaired) electrons. The van der Waals surface area contributed by atoms with Crippen LogP contribution < -0.4 is 0 Å². The molecule has 0 amide bonds. The first kappa shape index (κ1) is 34.6. The predicted octanol–water partition coefficient (Wildman–Crippen LogP) is 14.0. The first-order chi connectivity index (χ1) is 30.8. The quantitative estimate of drug-likeness (QED) is 0.174. The van der Waals surface area contributed by atoms with Crippen LogP contribution in [0.2, 0.25) is 0 Å². The van der Waals surface area contributed by atoms with Gasteiger partial charge in [0.25, 0.3) is 0 Å². The molecule has 62 heavy (non-hydrogen) atoms. The van der Waals surface area contributed by atoms with Crippen molar-refractivity contribution in [1.82, 2.24) is 19.7 Å². The van der Waals surface area contributed by atoms with E-state index in [0.717, 1.165) is 39.2 Å². The number of nitrogens with zero attached hydrogens (tertiary/aromatic N) is 4. The molecule has 2 aliphatic rings. The molecule has 0 atom stereocenters. The fourth-order valence-corrected chi connectivity index (χ4v) is 10.5. The lowest BCUT2D eigenvalue weighted by Gasteiger charge is -2.40. The number of para-hydroxylation sites is 3. The van der Waals surface area contributed by atoms with Gasteiger partial charge in [-0.2, -0.15) is 0 Å². The average Bonchev–Trinajstić information content (AvgIpc) is 3.85. The van der Waals surface area contributed by atoms with Gasteiger partial charge in [-0.1, -0.05) is 206 Å². The molecule has 11 aromatic rings. The Morgan fingerprint density at radius 3 is 1.66 bits per heavy atom. The second kappa shape index (κ2) is 13.4. The van der Waals surface area contributed by atoms with Crippen molar-refractivity contribution in [2.24, 2.45) is 0 Å². The van der Waals surface area contributed by atoms with Gasteiger partial charge < -0.3 is 4.57 Å². The fourth-order valence-electron chi connectivity index (χ4n) is 10.5. The van der Waals surface area contributed by atoms with Gasteiger partial charge in [0.1, 0.15) is 11.4 Å². The molecular formula is C58H36N4. The maximum Gasteiger partial charge on any atom is 0.182 e. The van der Waals surface area contributed by atoms with E-state index in [1.807, 2.05) is 48.5 Å². The topological polar surface area (TPSA) is 43.6 Å². The van der Waals surface area contributed by atoms with Gasteiger partial charge in [0.2, 0.25) is 0 Å². The van der Waals surface area contributed by atoms with E-state index in [0.29, 0.717) is 5.82 Å². The standard InChI is InChI=1S/C58H36N4/c1-3-16-39(17-4-1)53-54(60-61-57(59-53)40-18-5-2-6-19-40)42-21-13-20-41(36-42)37-32-34-38(35-33-37)43-25-14-29-50-55(43)62-52-31-12-9-24-46(52)47-26-15-30-51(56(47)62)58(50)48-27-10-7-22-44(48)45-23-8-11-28-49(45)58/h1-36H. The zero-order valence-corrected chi connectivity index (χ0v) is 33.6. The lowest BCUT2D eigenvalue weighted by molar-refractivity contribution is 0.749. The first-order valence-corrected chi connectivity index (χ1v) is 21.2. The number of hydrogen-bond donors (Lipinski definition) is 0. The van der Waals surface area contributed by atoms with E-state index in [1.54, 1.807) is 0 Å². The van der Waals surface area contributed by atoms with Crippen LogP contribution in [0.5, 0.6) is 0 Å². The fraction of sp³-hybridized carbons (Fsp3) is 0.0172. The molecule has 0 N–H and O–H groups in total. The molecule has 0 saturated heterocycles. The highest BCUT2D eigenvalue weighted by molar-refractivity contribution is 6.13. The Hall–Kier alpha value is -8.21. The molecule has 1 spiro atoms. The van der Waals surface area contributed by atoms with Gasteiger partial charge in [-0.3, -0.25) is 0 Å². The monoisotopic (exact) mass is 788 g/mol. The van der Waals surface area contributed by atoms with E-state index in [4.69, 9.17) is 10.1 Å². The molecule has 4 nitrogen and oxygen atoms in total. The molecule has 0 unspecified atom stereocenters. The Morgan fingerprint density at radius 2 is 0.887 bits per heavy atom. The Morgan fingerprint density at radius 1 is 0.339 bits per heavy atom. The van der Waals surface area contributed by atoms with E-state index >= 15 is 0 Å². The van der Waals surface area contributed by atoms with Crippen molar-refractivity contribution in [3.05, 3.63) is 241 Å². The van der Waals surface area contributed by atoms with Crippen molar-refractivity contribution >= 4 is 21.8 Å². The van der Waals surface area contributed by atoms with Crippen LogP contribution in [-0.4, -0.2) is 19.7 Å². The zero-order valence-electron chi connectivity index (χ0n) is 33.6. The summed E-state index contributed by atoms with van der Waals surface area (Å²) in [5, 5.41) is 12.0. The van der Waals surface area contributed by atoms with Gasteiger partial charge in [0.15, 0.2) is 5.82 Å². The third kappa shape index (κ3) is 4.86. The van der Waals surface area contributed by atoms with Crippen LogP contribution in [0.4, 0.5) is 0 Å². The summed E-state index contributed by atoms with van der Waals surface area (Å²) in [5.74, 6) is 0.604. The van der Waals surface area contributed by atoms with Crippen LogP contribution >= 0.6 is 0 Å². The van der Waals surface area contributed by atoms with Crippen molar-refractivity contribution in [2.75, 3.05) is 0 Å². The van der Waals surface area contributed by atoms with Crippen molar-refractivity contribution in [2.45, 2.75) is 5.41 Å². The van der Waals surface area contributed by atoms with Crippen molar-refractivity contribution in [1.29, 1.82) is 0 Å². The largest absolute Gasteiger partial charge is 0.308 e. The third-order valence-corrected chi connectivity index (χ3v) is 13.1. The molecule has 2 aromatic heterocycles. The number of fused-ring (bicyclic) bond motifs is 12. The smallest absolute Gasteiger partial charge is 0.182 e. The summed E-state index contributed by atoms with van der Waals surface area (Å²) >= 11 is 0. The molecule has 3 heterocycles. The minimum atomic E-state index is -0.488. The minimum absolute atomic E-state index is 0.488. The van der Waals surface area contributed by atoms with Crippen molar-refractivity contribution < 1.29 is 0 Å². The van der Waals surface area contributed by atoms with Crippen molar-refractivity contribution in [3.63, 3.8) is 0 Å². The summed E-state index contributed by atoms with van der Waals surface area (Å²) in [6.45, 7) is 0. The second-order valence-electron chi connectivity index (χ2n) is 16.3. The normalized spacial score (nSPS) is 13.0. The molecule has 9 aromatic carbocycles. The van der Waals surface area contributed by atoms with Crippen LogP contribution in [0, 0.1) is 0 Å². The minimum Gasteiger partial charge on any atom is -0.308 e. The zero-order chi connectivity index (χ0) is 40.8. The summed E-state index contributed by atoms with van der Waals surface area (Å²) < 4.78 is 2.55. The van der Waals surface area contributed by atoms with E-state index in [9.17, 15) is 0 Å². The lowest BCUT2D eigenvalue weighted by atomic mass is 9.65. The average molecular weight is 789 g/mol. The highest BCUT2D eigenvalue weighted by Gasteiger charge is 2.51. The summed E-state index contributed by atoms with van der Waals surface area (Å²) in [6, 6.07) is 78.8. The van der Waals surface area contributed by atoms with E-state index in [-0.39, 0.29) is 0 Å². The highest BCUT2D eigenvalue weighted by Crippen LogP contribution is 2.61. The molecule has 4 heteroatoms. The molecule has 0 bridgehead atoms. The second-order valence-corrected chi connectivity index (χ2v) is 16.3. The number of hydrogen-bond acceptors (Lipinski definition) is 3. The van der Waals surface area contributed by atoms with Crippen LogP contribution in [0.1, 0.15) is 22.3 Å². The molecule has 0 saturated carbocycles. The summed E-state index contributed by atoms with van der Waals surface area (Å²) in [7, 11) is 0. The molecule has 288 valence electrons. The Labute approximate surface area is 359 Å². The molecule has 13 rings (SSSR count). The van der Waals surface area contributed by atoms with Gasteiger partial charge in [0.05, 0.1) is 22.1 Å². The summed E-state index contributed by atoms with van der Waals surface area (Å²) in [5.41, 5.74) is 20.2. The third-order valence-electron chi connectivity index (χ3n) is 13.1. The van der Waals surface area contributed by atoms with Gasteiger partial charge in [0, 0.05) is 33.0 Å². The molecule has 0 fully saturated rings. The number of benzene rings is 9. The van der Waals surface area contributed by atoms with Crippen LogP contribution in [0.3, 0.4) is 0 Å². The molecular weight excluding hydrogens is 753 g/mol. The molecule has 1 aliphatic heterocycles. The summed E-state index contributed by atoms with van der Waals surface area (Å²) in [6.07, 6.45) is 0. The van der Waals surface area contributed by atoms with Gasteiger partial charge >= 0.3 is 0 Å².